The molecular formula is C17H29N3O. The van der Waals surface area contributed by atoms with Gasteiger partial charge in [-0.3, -0.25) is 0 Å². The highest BCUT2D eigenvalue weighted by atomic mass is 16.5. The van der Waals surface area contributed by atoms with Gasteiger partial charge in [-0.15, -0.1) is 0 Å². The molecule has 1 aromatic rings. The summed E-state index contributed by atoms with van der Waals surface area (Å²) in [6.45, 7) is 9.93. The largest absolute Gasteiger partial charge is 0.376 e. The van der Waals surface area contributed by atoms with Crippen molar-refractivity contribution in [3.05, 3.63) is 23.4 Å². The van der Waals surface area contributed by atoms with Crippen molar-refractivity contribution < 1.29 is 4.74 Å². The molecular weight excluding hydrogens is 262 g/mol. The second-order valence-electron chi connectivity index (χ2n) is 6.20. The molecule has 0 aliphatic carbocycles. The third-order valence-corrected chi connectivity index (χ3v) is 3.98. The van der Waals surface area contributed by atoms with E-state index in [-0.39, 0.29) is 0 Å². The lowest BCUT2D eigenvalue weighted by Gasteiger charge is -2.34. The van der Waals surface area contributed by atoms with Gasteiger partial charge in [0.2, 0.25) is 0 Å². The maximum absolute atomic E-state index is 5.92. The van der Waals surface area contributed by atoms with Crippen LogP contribution in [0.1, 0.15) is 57.2 Å². The van der Waals surface area contributed by atoms with E-state index >= 15 is 0 Å². The number of anilines is 1. The van der Waals surface area contributed by atoms with E-state index in [0.29, 0.717) is 18.6 Å². The molecule has 1 saturated heterocycles. The van der Waals surface area contributed by atoms with Crippen molar-refractivity contribution in [3.63, 3.8) is 0 Å². The van der Waals surface area contributed by atoms with Gasteiger partial charge in [0.05, 0.1) is 6.10 Å². The Hall–Kier alpha value is -1.13. The Balaban J connectivity index is 2.14. The van der Waals surface area contributed by atoms with Gasteiger partial charge in [-0.1, -0.05) is 20.8 Å². The first-order chi connectivity index (χ1) is 10.1. The number of pyridine rings is 1. The van der Waals surface area contributed by atoms with Crippen molar-refractivity contribution >= 4 is 5.82 Å². The predicted octanol–water partition coefficient (Wildman–Crippen LogP) is 3.06. The third-order valence-electron chi connectivity index (χ3n) is 3.98. The minimum absolute atomic E-state index is 0.338. The summed E-state index contributed by atoms with van der Waals surface area (Å²) in [4.78, 5) is 7.19. The fourth-order valence-electron chi connectivity index (χ4n) is 2.74. The quantitative estimate of drug-likeness (QED) is 0.875. The highest BCUT2D eigenvalue weighted by Crippen LogP contribution is 2.24. The fourth-order valence-corrected chi connectivity index (χ4v) is 2.74. The van der Waals surface area contributed by atoms with Crippen LogP contribution in [-0.2, 0) is 11.3 Å². The lowest BCUT2D eigenvalue weighted by molar-refractivity contribution is 0.0439. The summed E-state index contributed by atoms with van der Waals surface area (Å²) in [6.07, 6.45) is 3.74. The van der Waals surface area contributed by atoms with Gasteiger partial charge in [0.1, 0.15) is 5.82 Å². The Morgan fingerprint density at radius 1 is 1.43 bits per heavy atom. The fraction of sp³-hybridized carbons (Fsp3) is 0.706. The van der Waals surface area contributed by atoms with E-state index in [0.717, 1.165) is 44.0 Å². The summed E-state index contributed by atoms with van der Waals surface area (Å²) in [5.41, 5.74) is 8.14. The van der Waals surface area contributed by atoms with Crippen molar-refractivity contribution in [3.8, 4) is 0 Å². The molecule has 1 aliphatic heterocycles. The van der Waals surface area contributed by atoms with E-state index in [1.807, 2.05) is 0 Å². The molecule has 0 bridgehead atoms. The van der Waals surface area contributed by atoms with Gasteiger partial charge in [-0.05, 0) is 42.9 Å². The van der Waals surface area contributed by atoms with Gasteiger partial charge in [-0.2, -0.15) is 0 Å². The lowest BCUT2D eigenvalue weighted by Crippen LogP contribution is -2.40. The molecule has 0 amide bonds. The predicted molar refractivity (Wildman–Crippen MR) is 87.7 cm³/mol. The van der Waals surface area contributed by atoms with E-state index < -0.39 is 0 Å². The Kier molecular flexibility index (Phi) is 6.00. The van der Waals surface area contributed by atoms with Crippen LogP contribution >= 0.6 is 0 Å². The molecule has 0 spiro atoms. The van der Waals surface area contributed by atoms with Crippen molar-refractivity contribution in [2.45, 2.75) is 58.6 Å². The number of piperidine rings is 1. The van der Waals surface area contributed by atoms with Gasteiger partial charge in [0.15, 0.2) is 0 Å². The summed E-state index contributed by atoms with van der Waals surface area (Å²) in [5.74, 6) is 1.48. The molecule has 0 radical (unpaired) electrons. The molecule has 0 saturated carbocycles. The van der Waals surface area contributed by atoms with E-state index in [9.17, 15) is 0 Å². The highest BCUT2D eigenvalue weighted by Gasteiger charge is 2.22. The first-order valence-electron chi connectivity index (χ1n) is 8.21. The zero-order chi connectivity index (χ0) is 15.2. The van der Waals surface area contributed by atoms with Gasteiger partial charge in [0, 0.05) is 31.9 Å². The van der Waals surface area contributed by atoms with Crippen LogP contribution in [0.4, 0.5) is 5.82 Å². The van der Waals surface area contributed by atoms with Gasteiger partial charge < -0.3 is 15.4 Å². The maximum Gasteiger partial charge on any atom is 0.129 e. The number of hydrogen-bond donors (Lipinski definition) is 1. The molecule has 1 fully saturated rings. The van der Waals surface area contributed by atoms with Crippen LogP contribution in [0.25, 0.3) is 0 Å². The number of aromatic nitrogens is 1. The summed E-state index contributed by atoms with van der Waals surface area (Å²) in [7, 11) is 0. The van der Waals surface area contributed by atoms with Crippen molar-refractivity contribution in [2.24, 2.45) is 5.73 Å². The zero-order valence-electron chi connectivity index (χ0n) is 13.6. The number of rotatable bonds is 6. The molecule has 1 unspecified atom stereocenters. The SMILES string of the molecule is CCCOC1CCCN(c2cc(CN)cc(C(C)C)n2)C1. The molecule has 1 aliphatic rings. The molecule has 2 N–H and O–H groups in total. The number of nitrogens with two attached hydrogens (primary N) is 1. The van der Waals surface area contributed by atoms with Gasteiger partial charge in [-0.25, -0.2) is 4.98 Å². The topological polar surface area (TPSA) is 51.4 Å². The van der Waals surface area contributed by atoms with Crippen LogP contribution in [0.15, 0.2) is 12.1 Å². The molecule has 1 aromatic heterocycles. The number of ether oxygens (including phenoxy) is 1. The smallest absolute Gasteiger partial charge is 0.129 e. The molecule has 2 heterocycles. The molecule has 4 nitrogen and oxygen atoms in total. The third kappa shape index (κ3) is 4.42. The van der Waals surface area contributed by atoms with Gasteiger partial charge >= 0.3 is 0 Å². The summed E-state index contributed by atoms with van der Waals surface area (Å²) in [6, 6.07) is 4.26. The molecule has 0 aromatic carbocycles. The molecule has 1 atom stereocenters. The number of hydrogen-bond acceptors (Lipinski definition) is 4. The Morgan fingerprint density at radius 2 is 2.24 bits per heavy atom. The normalized spacial score (nSPS) is 19.3. The van der Waals surface area contributed by atoms with E-state index in [1.165, 1.54) is 12.0 Å². The van der Waals surface area contributed by atoms with E-state index in [1.54, 1.807) is 0 Å². The van der Waals surface area contributed by atoms with Gasteiger partial charge in [0.25, 0.3) is 0 Å². The van der Waals surface area contributed by atoms with Crippen LogP contribution in [-0.4, -0.2) is 30.8 Å². The first kappa shape index (κ1) is 16.2. The van der Waals surface area contributed by atoms with Crippen LogP contribution in [0.5, 0.6) is 0 Å². The van der Waals surface area contributed by atoms with E-state index in [2.05, 4.69) is 37.8 Å². The standard InChI is InChI=1S/C17H29N3O/c1-4-8-21-15-6-5-7-20(12-15)17-10-14(11-18)9-16(19-17)13(2)3/h9-10,13,15H,4-8,11-12,18H2,1-3H3. The van der Waals surface area contributed by atoms with Crippen molar-refractivity contribution in [1.29, 1.82) is 0 Å². The Morgan fingerprint density at radius 3 is 2.90 bits per heavy atom. The average molecular weight is 291 g/mol. The summed E-state index contributed by atoms with van der Waals surface area (Å²) >= 11 is 0. The lowest BCUT2D eigenvalue weighted by atomic mass is 10.1. The average Bonchev–Trinajstić information content (AvgIpc) is 2.52. The Bertz CT molecular complexity index is 448. The van der Waals surface area contributed by atoms with E-state index in [4.69, 9.17) is 15.5 Å². The van der Waals surface area contributed by atoms with Crippen molar-refractivity contribution in [2.75, 3.05) is 24.6 Å². The monoisotopic (exact) mass is 291 g/mol. The van der Waals surface area contributed by atoms with Crippen LogP contribution in [0.2, 0.25) is 0 Å². The molecule has 118 valence electrons. The van der Waals surface area contributed by atoms with Crippen molar-refractivity contribution in [1.82, 2.24) is 4.98 Å². The van der Waals surface area contributed by atoms with Crippen LogP contribution in [0.3, 0.4) is 0 Å². The molecule has 2 rings (SSSR count). The molecule has 21 heavy (non-hydrogen) atoms. The van der Waals surface area contributed by atoms with Crippen LogP contribution < -0.4 is 10.6 Å². The summed E-state index contributed by atoms with van der Waals surface area (Å²) in [5, 5.41) is 0. The number of nitrogens with zero attached hydrogens (tertiary/aromatic N) is 2. The Labute approximate surface area is 128 Å². The second kappa shape index (κ2) is 7.76. The zero-order valence-corrected chi connectivity index (χ0v) is 13.6. The molecule has 4 heteroatoms. The summed E-state index contributed by atoms with van der Waals surface area (Å²) < 4.78 is 5.92. The van der Waals surface area contributed by atoms with Crippen LogP contribution in [0, 0.1) is 0 Å². The minimum atomic E-state index is 0.338. The highest BCUT2D eigenvalue weighted by molar-refractivity contribution is 5.44. The minimum Gasteiger partial charge on any atom is -0.376 e. The maximum atomic E-state index is 5.92. The first-order valence-corrected chi connectivity index (χ1v) is 8.21. The second-order valence-corrected chi connectivity index (χ2v) is 6.20.